The van der Waals surface area contributed by atoms with E-state index in [1.165, 1.54) is 18.4 Å². The summed E-state index contributed by atoms with van der Waals surface area (Å²) in [5, 5.41) is 3.35. The van der Waals surface area contributed by atoms with E-state index in [0.29, 0.717) is 6.04 Å². The van der Waals surface area contributed by atoms with Crippen molar-refractivity contribution in [3.05, 3.63) is 35.9 Å². The van der Waals surface area contributed by atoms with Gasteiger partial charge in [0, 0.05) is 6.04 Å². The summed E-state index contributed by atoms with van der Waals surface area (Å²) in [7, 11) is 2.04. The molecule has 0 aliphatic heterocycles. The lowest BCUT2D eigenvalue weighted by molar-refractivity contribution is 0.514. The fourth-order valence-electron chi connectivity index (χ4n) is 1.60. The molecule has 72 valence electrons. The van der Waals surface area contributed by atoms with Gasteiger partial charge >= 0.3 is 0 Å². The topological polar surface area (TPSA) is 12.0 Å². The van der Waals surface area contributed by atoms with Crippen LogP contribution in [-0.2, 0) is 6.42 Å². The molecule has 1 heteroatoms. The average Bonchev–Trinajstić information content (AvgIpc) is 2.19. The van der Waals surface area contributed by atoms with Crippen LogP contribution in [0, 0.1) is 0 Å². The number of nitrogens with one attached hydrogen (secondary N) is 1. The van der Waals surface area contributed by atoms with Gasteiger partial charge in [-0.2, -0.15) is 0 Å². The molecule has 0 bridgehead atoms. The van der Waals surface area contributed by atoms with Crippen molar-refractivity contribution >= 4 is 0 Å². The van der Waals surface area contributed by atoms with Gasteiger partial charge in [0.15, 0.2) is 0 Å². The van der Waals surface area contributed by atoms with Gasteiger partial charge in [-0.1, -0.05) is 43.7 Å². The van der Waals surface area contributed by atoms with Gasteiger partial charge in [0.2, 0.25) is 0 Å². The van der Waals surface area contributed by atoms with Crippen molar-refractivity contribution in [3.63, 3.8) is 0 Å². The van der Waals surface area contributed by atoms with Crippen molar-refractivity contribution in [1.82, 2.24) is 5.32 Å². The SMILES string of the molecule is CCCC(Cc1ccccc1)NC. The number of likely N-dealkylation sites (N-methyl/N-ethyl adjacent to an activating group) is 1. The fourth-order valence-corrected chi connectivity index (χ4v) is 1.60. The Labute approximate surface area is 81.2 Å². The highest BCUT2D eigenvalue weighted by molar-refractivity contribution is 5.15. The standard InChI is InChI=1S/C12H19N/c1-3-7-12(13-2)10-11-8-5-4-6-9-11/h4-6,8-9,12-13H,3,7,10H2,1-2H3. The molecule has 1 N–H and O–H groups in total. The summed E-state index contributed by atoms with van der Waals surface area (Å²) < 4.78 is 0. The van der Waals surface area contributed by atoms with Gasteiger partial charge in [-0.25, -0.2) is 0 Å². The predicted octanol–water partition coefficient (Wildman–Crippen LogP) is 2.62. The van der Waals surface area contributed by atoms with Gasteiger partial charge in [-0.3, -0.25) is 0 Å². The molecule has 0 radical (unpaired) electrons. The zero-order chi connectivity index (χ0) is 9.52. The minimum absolute atomic E-state index is 0.632. The van der Waals surface area contributed by atoms with Crippen molar-refractivity contribution in [1.29, 1.82) is 0 Å². The zero-order valence-electron chi connectivity index (χ0n) is 8.59. The first kappa shape index (κ1) is 10.3. The van der Waals surface area contributed by atoms with E-state index in [1.54, 1.807) is 0 Å². The van der Waals surface area contributed by atoms with E-state index in [4.69, 9.17) is 0 Å². The molecule has 0 saturated carbocycles. The molecule has 0 saturated heterocycles. The summed E-state index contributed by atoms with van der Waals surface area (Å²) in [5.74, 6) is 0. The van der Waals surface area contributed by atoms with Crippen LogP contribution >= 0.6 is 0 Å². The third-order valence-corrected chi connectivity index (χ3v) is 2.37. The predicted molar refractivity (Wildman–Crippen MR) is 57.9 cm³/mol. The average molecular weight is 177 g/mol. The second-order valence-corrected chi connectivity index (χ2v) is 3.46. The van der Waals surface area contributed by atoms with Crippen LogP contribution in [-0.4, -0.2) is 13.1 Å². The van der Waals surface area contributed by atoms with Gasteiger partial charge in [0.05, 0.1) is 0 Å². The summed E-state index contributed by atoms with van der Waals surface area (Å²) >= 11 is 0. The second-order valence-electron chi connectivity index (χ2n) is 3.46. The largest absolute Gasteiger partial charge is 0.317 e. The maximum atomic E-state index is 3.35. The Hall–Kier alpha value is -0.820. The van der Waals surface area contributed by atoms with Gasteiger partial charge < -0.3 is 5.32 Å². The number of rotatable bonds is 5. The first-order valence-corrected chi connectivity index (χ1v) is 5.08. The first-order chi connectivity index (χ1) is 6.36. The quantitative estimate of drug-likeness (QED) is 0.729. The van der Waals surface area contributed by atoms with Crippen molar-refractivity contribution in [2.24, 2.45) is 0 Å². The molecule has 13 heavy (non-hydrogen) atoms. The molecule has 1 rings (SSSR count). The van der Waals surface area contributed by atoms with E-state index in [-0.39, 0.29) is 0 Å². The van der Waals surface area contributed by atoms with Crippen LogP contribution in [0.3, 0.4) is 0 Å². The minimum atomic E-state index is 0.632. The van der Waals surface area contributed by atoms with Gasteiger partial charge in [-0.05, 0) is 25.5 Å². The molecule has 1 atom stereocenters. The van der Waals surface area contributed by atoms with E-state index < -0.39 is 0 Å². The maximum absolute atomic E-state index is 3.35. The summed E-state index contributed by atoms with van der Waals surface area (Å²) in [4.78, 5) is 0. The van der Waals surface area contributed by atoms with E-state index >= 15 is 0 Å². The van der Waals surface area contributed by atoms with E-state index in [0.717, 1.165) is 6.42 Å². The first-order valence-electron chi connectivity index (χ1n) is 5.08. The molecule has 0 aromatic heterocycles. The highest BCUT2D eigenvalue weighted by Crippen LogP contribution is 2.06. The Kier molecular flexibility index (Phi) is 4.55. The lowest BCUT2D eigenvalue weighted by atomic mass is 10.0. The summed E-state index contributed by atoms with van der Waals surface area (Å²) in [5.41, 5.74) is 1.43. The van der Waals surface area contributed by atoms with Gasteiger partial charge in [0.1, 0.15) is 0 Å². The maximum Gasteiger partial charge on any atom is 0.0104 e. The van der Waals surface area contributed by atoms with Crippen molar-refractivity contribution < 1.29 is 0 Å². The number of hydrogen-bond donors (Lipinski definition) is 1. The molecule has 0 amide bonds. The lowest BCUT2D eigenvalue weighted by Crippen LogP contribution is -2.27. The summed E-state index contributed by atoms with van der Waals surface area (Å²) in [6.45, 7) is 2.23. The Bertz CT molecular complexity index is 218. The molecule has 0 aliphatic rings. The van der Waals surface area contributed by atoms with Crippen LogP contribution in [0.4, 0.5) is 0 Å². The van der Waals surface area contributed by atoms with Crippen molar-refractivity contribution in [2.45, 2.75) is 32.2 Å². The van der Waals surface area contributed by atoms with Crippen molar-refractivity contribution in [2.75, 3.05) is 7.05 Å². The Morgan fingerprint density at radius 3 is 2.46 bits per heavy atom. The molecule has 0 aliphatic carbocycles. The van der Waals surface area contributed by atoms with Crippen LogP contribution < -0.4 is 5.32 Å². The molecule has 1 nitrogen and oxygen atoms in total. The highest BCUT2D eigenvalue weighted by atomic mass is 14.9. The molecular formula is C12H19N. The third kappa shape index (κ3) is 3.60. The molecule has 1 aromatic rings. The Morgan fingerprint density at radius 2 is 1.92 bits per heavy atom. The molecule has 0 fully saturated rings. The summed E-state index contributed by atoms with van der Waals surface area (Å²) in [6, 6.07) is 11.3. The van der Waals surface area contributed by atoms with Crippen LogP contribution in [0.5, 0.6) is 0 Å². The third-order valence-electron chi connectivity index (χ3n) is 2.37. The smallest absolute Gasteiger partial charge is 0.0104 e. The molecule has 1 aromatic carbocycles. The zero-order valence-corrected chi connectivity index (χ0v) is 8.59. The monoisotopic (exact) mass is 177 g/mol. The van der Waals surface area contributed by atoms with Gasteiger partial charge in [-0.15, -0.1) is 0 Å². The molecular weight excluding hydrogens is 158 g/mol. The minimum Gasteiger partial charge on any atom is -0.317 e. The second kappa shape index (κ2) is 5.76. The lowest BCUT2D eigenvalue weighted by Gasteiger charge is -2.14. The van der Waals surface area contributed by atoms with Crippen LogP contribution in [0.2, 0.25) is 0 Å². The number of benzene rings is 1. The van der Waals surface area contributed by atoms with Crippen LogP contribution in [0.25, 0.3) is 0 Å². The fraction of sp³-hybridized carbons (Fsp3) is 0.500. The normalized spacial score (nSPS) is 12.8. The Morgan fingerprint density at radius 1 is 1.23 bits per heavy atom. The van der Waals surface area contributed by atoms with E-state index in [1.807, 2.05) is 7.05 Å². The highest BCUT2D eigenvalue weighted by Gasteiger charge is 2.04. The van der Waals surface area contributed by atoms with E-state index in [2.05, 4.69) is 42.6 Å². The molecule has 1 unspecified atom stereocenters. The van der Waals surface area contributed by atoms with Gasteiger partial charge in [0.25, 0.3) is 0 Å². The summed E-state index contributed by atoms with van der Waals surface area (Å²) in [6.07, 6.45) is 3.65. The van der Waals surface area contributed by atoms with Crippen molar-refractivity contribution in [3.8, 4) is 0 Å². The molecule has 0 spiro atoms. The van der Waals surface area contributed by atoms with E-state index in [9.17, 15) is 0 Å². The molecule has 0 heterocycles. The Balaban J connectivity index is 2.46. The van der Waals surface area contributed by atoms with Crippen LogP contribution in [0.1, 0.15) is 25.3 Å². The number of hydrogen-bond acceptors (Lipinski definition) is 1. The van der Waals surface area contributed by atoms with Crippen LogP contribution in [0.15, 0.2) is 30.3 Å².